The molecule has 0 aromatic carbocycles. The van der Waals surface area contributed by atoms with Crippen molar-refractivity contribution in [2.24, 2.45) is 16.6 Å². The second-order valence-electron chi connectivity index (χ2n) is 4.67. The van der Waals surface area contributed by atoms with Gasteiger partial charge in [0.1, 0.15) is 6.04 Å². The van der Waals surface area contributed by atoms with Crippen molar-refractivity contribution in [1.29, 1.82) is 0 Å². The Bertz CT molecular complexity index is 293. The fourth-order valence-corrected chi connectivity index (χ4v) is 2.87. The smallest absolute Gasteiger partial charge is 0.394 e. The molecule has 6 heteroatoms. The maximum Gasteiger partial charge on any atom is 0.394 e. The fourth-order valence-electron chi connectivity index (χ4n) is 2.87. The summed E-state index contributed by atoms with van der Waals surface area (Å²) >= 11 is 0. The van der Waals surface area contributed by atoms with Gasteiger partial charge in [0.15, 0.2) is 0 Å². The van der Waals surface area contributed by atoms with Gasteiger partial charge in [-0.1, -0.05) is 0 Å². The van der Waals surface area contributed by atoms with E-state index in [-0.39, 0.29) is 19.3 Å². The molecular formula is C9H12F3NO2. The van der Waals surface area contributed by atoms with Crippen molar-refractivity contribution >= 4 is 5.97 Å². The van der Waals surface area contributed by atoms with Gasteiger partial charge >= 0.3 is 12.1 Å². The number of hydrogen-bond acceptors (Lipinski definition) is 3. The zero-order valence-corrected chi connectivity index (χ0v) is 8.23. The highest BCUT2D eigenvalue weighted by molar-refractivity contribution is 5.77. The van der Waals surface area contributed by atoms with E-state index in [0.29, 0.717) is 0 Å². The third-order valence-electron chi connectivity index (χ3n) is 3.79. The van der Waals surface area contributed by atoms with E-state index in [2.05, 4.69) is 4.74 Å². The summed E-state index contributed by atoms with van der Waals surface area (Å²) in [6.45, 7) is 0. The van der Waals surface area contributed by atoms with Crippen LogP contribution in [0.4, 0.5) is 13.2 Å². The Morgan fingerprint density at radius 2 is 1.87 bits per heavy atom. The Kier molecular flexibility index (Phi) is 1.91. The van der Waals surface area contributed by atoms with E-state index >= 15 is 0 Å². The summed E-state index contributed by atoms with van der Waals surface area (Å²) in [6.07, 6.45) is -4.25. The van der Waals surface area contributed by atoms with Crippen LogP contribution in [0.5, 0.6) is 0 Å². The molecule has 86 valence electrons. The quantitative estimate of drug-likeness (QED) is 0.716. The highest BCUT2D eigenvalue weighted by Crippen LogP contribution is 2.79. The van der Waals surface area contributed by atoms with Gasteiger partial charge in [-0.15, -0.1) is 0 Å². The standard InChI is InChI=1S/C9H12F3NO2/c1-15-6(14)5(13)7-2-8(3-7,4-7)9(10,11)12/h5H,2-4,13H2,1H3. The molecule has 15 heavy (non-hydrogen) atoms. The maximum atomic E-state index is 12.5. The van der Waals surface area contributed by atoms with Crippen molar-refractivity contribution in [1.82, 2.24) is 0 Å². The van der Waals surface area contributed by atoms with Gasteiger partial charge in [-0.25, -0.2) is 0 Å². The molecule has 2 bridgehead atoms. The lowest BCUT2D eigenvalue weighted by molar-refractivity contribution is -0.366. The van der Waals surface area contributed by atoms with Crippen molar-refractivity contribution in [2.45, 2.75) is 31.5 Å². The average molecular weight is 223 g/mol. The van der Waals surface area contributed by atoms with E-state index in [1.54, 1.807) is 0 Å². The summed E-state index contributed by atoms with van der Waals surface area (Å²) in [6, 6.07) is -0.910. The van der Waals surface area contributed by atoms with Gasteiger partial charge in [-0.05, 0) is 24.7 Å². The predicted octanol–water partition coefficient (Wildman–Crippen LogP) is 1.22. The van der Waals surface area contributed by atoms with Crippen molar-refractivity contribution < 1.29 is 22.7 Å². The number of rotatable bonds is 2. The highest BCUT2D eigenvalue weighted by atomic mass is 19.4. The number of esters is 1. The molecule has 0 saturated heterocycles. The van der Waals surface area contributed by atoms with Crippen LogP contribution >= 0.6 is 0 Å². The van der Waals surface area contributed by atoms with Gasteiger partial charge in [0.2, 0.25) is 0 Å². The Balaban J connectivity index is 2.01. The Hall–Kier alpha value is -0.780. The molecule has 0 spiro atoms. The first-order valence-corrected chi connectivity index (χ1v) is 4.67. The van der Waals surface area contributed by atoms with Crippen molar-refractivity contribution in [3.05, 3.63) is 0 Å². The number of carbonyl (C=O) groups excluding carboxylic acids is 1. The van der Waals surface area contributed by atoms with Crippen LogP contribution < -0.4 is 5.73 Å². The van der Waals surface area contributed by atoms with Crippen molar-refractivity contribution in [3.8, 4) is 0 Å². The minimum atomic E-state index is -4.16. The number of halogens is 3. The maximum absolute atomic E-state index is 12.5. The number of alkyl halides is 3. The van der Waals surface area contributed by atoms with E-state index in [4.69, 9.17) is 5.73 Å². The van der Waals surface area contributed by atoms with Crippen LogP contribution in [-0.4, -0.2) is 25.3 Å². The van der Waals surface area contributed by atoms with Crippen molar-refractivity contribution in [2.75, 3.05) is 7.11 Å². The molecule has 3 rings (SSSR count). The molecule has 0 aromatic heterocycles. The molecule has 3 fully saturated rings. The molecule has 3 aliphatic rings. The van der Waals surface area contributed by atoms with Crippen LogP contribution in [0, 0.1) is 10.8 Å². The first-order valence-electron chi connectivity index (χ1n) is 4.67. The molecule has 0 aromatic rings. The molecule has 0 amide bonds. The Morgan fingerprint density at radius 1 is 1.40 bits per heavy atom. The van der Waals surface area contributed by atoms with Crippen LogP contribution in [0.1, 0.15) is 19.3 Å². The molecule has 0 aliphatic heterocycles. The molecule has 1 unspecified atom stereocenters. The van der Waals surface area contributed by atoms with E-state index in [1.165, 1.54) is 7.11 Å². The molecule has 0 heterocycles. The Morgan fingerprint density at radius 3 is 2.20 bits per heavy atom. The number of carbonyl (C=O) groups is 1. The van der Waals surface area contributed by atoms with Crippen molar-refractivity contribution in [3.63, 3.8) is 0 Å². The first-order chi connectivity index (χ1) is 6.76. The molecule has 0 radical (unpaired) electrons. The van der Waals surface area contributed by atoms with Crippen LogP contribution in [0.3, 0.4) is 0 Å². The largest absolute Gasteiger partial charge is 0.468 e. The average Bonchev–Trinajstić information content (AvgIpc) is 1.94. The molecule has 2 N–H and O–H groups in total. The normalized spacial score (nSPS) is 40.1. The third kappa shape index (κ3) is 1.14. The number of hydrogen-bond donors (Lipinski definition) is 1. The molecule has 3 aliphatic carbocycles. The summed E-state index contributed by atoms with van der Waals surface area (Å²) in [5, 5.41) is 0. The second-order valence-corrected chi connectivity index (χ2v) is 4.67. The first kappa shape index (κ1) is 10.7. The topological polar surface area (TPSA) is 52.3 Å². The SMILES string of the molecule is COC(=O)C(N)C12CC(C(F)(F)F)(C1)C2. The molecule has 3 saturated carbocycles. The monoisotopic (exact) mass is 223 g/mol. The van der Waals surface area contributed by atoms with Gasteiger partial charge in [0, 0.05) is 0 Å². The van der Waals surface area contributed by atoms with Crippen LogP contribution in [0.25, 0.3) is 0 Å². The van der Waals surface area contributed by atoms with Gasteiger partial charge in [0.25, 0.3) is 0 Å². The summed E-state index contributed by atoms with van der Waals surface area (Å²) in [4.78, 5) is 11.1. The van der Waals surface area contributed by atoms with E-state index < -0.39 is 29.0 Å². The zero-order valence-electron chi connectivity index (χ0n) is 8.23. The lowest BCUT2D eigenvalue weighted by atomic mass is 9.33. The fraction of sp³-hybridized carbons (Fsp3) is 0.889. The summed E-state index contributed by atoms with van der Waals surface area (Å²) in [5.74, 6) is -0.620. The number of methoxy groups -OCH3 is 1. The molecular weight excluding hydrogens is 211 g/mol. The lowest BCUT2D eigenvalue weighted by Crippen LogP contribution is -2.74. The van der Waals surface area contributed by atoms with Crippen LogP contribution in [0.15, 0.2) is 0 Å². The van der Waals surface area contributed by atoms with Gasteiger partial charge in [0.05, 0.1) is 12.5 Å². The summed E-state index contributed by atoms with van der Waals surface area (Å²) in [7, 11) is 1.19. The minimum Gasteiger partial charge on any atom is -0.468 e. The number of nitrogens with two attached hydrogens (primary N) is 1. The summed E-state index contributed by atoms with van der Waals surface area (Å²) in [5.41, 5.74) is 3.36. The van der Waals surface area contributed by atoms with Gasteiger partial charge < -0.3 is 10.5 Å². The lowest BCUT2D eigenvalue weighted by Gasteiger charge is -2.71. The van der Waals surface area contributed by atoms with Gasteiger partial charge in [-0.2, -0.15) is 13.2 Å². The van der Waals surface area contributed by atoms with Crippen LogP contribution in [0.2, 0.25) is 0 Å². The van der Waals surface area contributed by atoms with E-state index in [1.807, 2.05) is 0 Å². The summed E-state index contributed by atoms with van der Waals surface area (Å²) < 4.78 is 41.9. The van der Waals surface area contributed by atoms with Gasteiger partial charge in [-0.3, -0.25) is 4.79 Å². The molecule has 3 nitrogen and oxygen atoms in total. The van der Waals surface area contributed by atoms with E-state index in [0.717, 1.165) is 0 Å². The number of ether oxygens (including phenoxy) is 1. The Labute approximate surface area is 84.8 Å². The van der Waals surface area contributed by atoms with E-state index in [9.17, 15) is 18.0 Å². The zero-order chi connectivity index (χ0) is 11.5. The predicted molar refractivity (Wildman–Crippen MR) is 44.8 cm³/mol. The second kappa shape index (κ2) is 2.66. The third-order valence-corrected chi connectivity index (χ3v) is 3.79. The minimum absolute atomic E-state index is 0.0280. The van der Waals surface area contributed by atoms with Crippen LogP contribution in [-0.2, 0) is 9.53 Å². The molecule has 1 atom stereocenters. The highest BCUT2D eigenvalue weighted by Gasteiger charge is 2.80.